The fourth-order valence-electron chi connectivity index (χ4n) is 3.19. The van der Waals surface area contributed by atoms with Crippen molar-refractivity contribution in [1.29, 1.82) is 0 Å². The number of benzene rings is 2. The SMILES string of the molecule is O=C(Nc1ccc(Cn2cccn2)cc1)c1ccc(N2CCCS2(=O)=O)cc1. The summed E-state index contributed by atoms with van der Waals surface area (Å²) in [5, 5.41) is 7.03. The molecule has 28 heavy (non-hydrogen) atoms. The highest BCUT2D eigenvalue weighted by atomic mass is 32.2. The van der Waals surface area contributed by atoms with Crippen LogP contribution in [-0.4, -0.2) is 36.4 Å². The molecule has 0 atom stereocenters. The molecule has 0 aliphatic carbocycles. The van der Waals surface area contributed by atoms with Gasteiger partial charge in [0.05, 0.1) is 18.0 Å². The van der Waals surface area contributed by atoms with Gasteiger partial charge >= 0.3 is 0 Å². The first-order chi connectivity index (χ1) is 13.5. The monoisotopic (exact) mass is 396 g/mol. The maximum Gasteiger partial charge on any atom is 0.255 e. The average Bonchev–Trinajstić information content (AvgIpc) is 3.32. The molecule has 0 radical (unpaired) electrons. The number of rotatable bonds is 5. The van der Waals surface area contributed by atoms with Crippen molar-refractivity contribution < 1.29 is 13.2 Å². The number of aromatic nitrogens is 2. The molecule has 144 valence electrons. The number of nitrogens with one attached hydrogen (secondary N) is 1. The minimum Gasteiger partial charge on any atom is -0.322 e. The number of nitrogens with zero attached hydrogens (tertiary/aromatic N) is 3. The third kappa shape index (κ3) is 3.91. The second-order valence-corrected chi connectivity index (χ2v) is 8.66. The summed E-state index contributed by atoms with van der Waals surface area (Å²) >= 11 is 0. The van der Waals surface area contributed by atoms with Gasteiger partial charge < -0.3 is 5.32 Å². The number of hydrogen-bond donors (Lipinski definition) is 1. The van der Waals surface area contributed by atoms with E-state index in [9.17, 15) is 13.2 Å². The van der Waals surface area contributed by atoms with Crippen LogP contribution in [0.25, 0.3) is 0 Å². The van der Waals surface area contributed by atoms with Gasteiger partial charge in [0.25, 0.3) is 5.91 Å². The van der Waals surface area contributed by atoms with Gasteiger partial charge in [-0.15, -0.1) is 0 Å². The van der Waals surface area contributed by atoms with Crippen LogP contribution in [0.4, 0.5) is 11.4 Å². The molecule has 8 heteroatoms. The van der Waals surface area contributed by atoms with Gasteiger partial charge in [-0.05, 0) is 54.4 Å². The van der Waals surface area contributed by atoms with Crippen LogP contribution in [0.5, 0.6) is 0 Å². The molecule has 0 bridgehead atoms. The van der Waals surface area contributed by atoms with Crippen LogP contribution in [0.1, 0.15) is 22.3 Å². The Labute approximate surface area is 163 Å². The van der Waals surface area contributed by atoms with Crippen LogP contribution in [0.15, 0.2) is 67.0 Å². The van der Waals surface area contributed by atoms with Gasteiger partial charge in [0.2, 0.25) is 10.0 Å². The summed E-state index contributed by atoms with van der Waals surface area (Å²) in [5.41, 5.74) is 2.84. The quantitative estimate of drug-likeness (QED) is 0.719. The molecule has 1 fully saturated rings. The molecule has 1 aliphatic heterocycles. The van der Waals surface area contributed by atoms with Crippen molar-refractivity contribution in [3.8, 4) is 0 Å². The van der Waals surface area contributed by atoms with Gasteiger partial charge in [0, 0.05) is 30.2 Å². The van der Waals surface area contributed by atoms with Crippen molar-refractivity contribution in [2.24, 2.45) is 0 Å². The van der Waals surface area contributed by atoms with Crippen LogP contribution in [0, 0.1) is 0 Å². The van der Waals surface area contributed by atoms with E-state index in [1.54, 1.807) is 30.5 Å². The number of anilines is 2. The first-order valence-electron chi connectivity index (χ1n) is 8.99. The number of carbonyl (C=O) groups excluding carboxylic acids is 1. The van der Waals surface area contributed by atoms with E-state index in [4.69, 9.17) is 0 Å². The van der Waals surface area contributed by atoms with E-state index in [1.165, 1.54) is 4.31 Å². The largest absolute Gasteiger partial charge is 0.322 e. The van der Waals surface area contributed by atoms with Crippen LogP contribution >= 0.6 is 0 Å². The summed E-state index contributed by atoms with van der Waals surface area (Å²) in [6.45, 7) is 1.15. The van der Waals surface area contributed by atoms with Crippen LogP contribution in [0.2, 0.25) is 0 Å². The van der Waals surface area contributed by atoms with Crippen molar-refractivity contribution in [3.63, 3.8) is 0 Å². The molecule has 2 aromatic carbocycles. The average molecular weight is 396 g/mol. The molecule has 0 saturated carbocycles. The maximum atomic E-state index is 12.5. The summed E-state index contributed by atoms with van der Waals surface area (Å²) < 4.78 is 27.2. The molecule has 1 saturated heterocycles. The number of carbonyl (C=O) groups is 1. The van der Waals surface area contributed by atoms with Gasteiger partial charge in [0.15, 0.2) is 0 Å². The maximum absolute atomic E-state index is 12.5. The zero-order valence-electron chi connectivity index (χ0n) is 15.2. The number of hydrogen-bond acceptors (Lipinski definition) is 4. The highest BCUT2D eigenvalue weighted by Gasteiger charge is 2.28. The third-order valence-electron chi connectivity index (χ3n) is 4.63. The molecule has 4 rings (SSSR count). The Balaban J connectivity index is 1.41. The fraction of sp³-hybridized carbons (Fsp3) is 0.200. The van der Waals surface area contributed by atoms with Crippen LogP contribution < -0.4 is 9.62 Å². The first kappa shape index (κ1) is 18.2. The van der Waals surface area contributed by atoms with Gasteiger partial charge in [-0.25, -0.2) is 8.42 Å². The minimum atomic E-state index is -3.22. The smallest absolute Gasteiger partial charge is 0.255 e. The normalized spacial score (nSPS) is 15.5. The predicted molar refractivity (Wildman–Crippen MR) is 108 cm³/mol. The summed E-state index contributed by atoms with van der Waals surface area (Å²) in [6, 6.07) is 16.1. The van der Waals surface area contributed by atoms with E-state index in [0.717, 1.165) is 5.56 Å². The number of sulfonamides is 1. The summed E-state index contributed by atoms with van der Waals surface area (Å²) in [4.78, 5) is 12.5. The van der Waals surface area contributed by atoms with Gasteiger partial charge in [-0.3, -0.25) is 13.8 Å². The Morgan fingerprint density at radius 2 is 1.82 bits per heavy atom. The summed E-state index contributed by atoms with van der Waals surface area (Å²) in [6.07, 6.45) is 4.26. The van der Waals surface area contributed by atoms with Crippen LogP contribution in [0.3, 0.4) is 0 Å². The Morgan fingerprint density at radius 1 is 1.07 bits per heavy atom. The molecule has 0 spiro atoms. The molecular formula is C20H20N4O3S. The highest BCUT2D eigenvalue weighted by molar-refractivity contribution is 7.93. The number of amides is 1. The first-order valence-corrected chi connectivity index (χ1v) is 10.6. The zero-order chi connectivity index (χ0) is 19.6. The lowest BCUT2D eigenvalue weighted by atomic mass is 10.1. The molecule has 7 nitrogen and oxygen atoms in total. The lowest BCUT2D eigenvalue weighted by Gasteiger charge is -2.17. The molecule has 1 aromatic heterocycles. The molecule has 1 amide bonds. The molecule has 1 aliphatic rings. The van der Waals surface area contributed by atoms with E-state index in [0.29, 0.717) is 36.4 Å². The van der Waals surface area contributed by atoms with E-state index < -0.39 is 10.0 Å². The predicted octanol–water partition coefficient (Wildman–Crippen LogP) is 2.72. The minimum absolute atomic E-state index is 0.172. The zero-order valence-corrected chi connectivity index (χ0v) is 16.0. The van der Waals surface area contributed by atoms with Gasteiger partial charge in [-0.1, -0.05) is 12.1 Å². The Bertz CT molecular complexity index is 1060. The van der Waals surface area contributed by atoms with E-state index in [2.05, 4.69) is 10.4 Å². The molecule has 1 N–H and O–H groups in total. The topological polar surface area (TPSA) is 84.3 Å². The van der Waals surface area contributed by atoms with Gasteiger partial charge in [-0.2, -0.15) is 5.10 Å². The van der Waals surface area contributed by atoms with Crippen LogP contribution in [-0.2, 0) is 16.6 Å². The van der Waals surface area contributed by atoms with Crippen molar-refractivity contribution >= 4 is 27.3 Å². The summed E-state index contributed by atoms with van der Waals surface area (Å²) in [7, 11) is -3.22. The van der Waals surface area contributed by atoms with Gasteiger partial charge in [0.1, 0.15) is 0 Å². The highest BCUT2D eigenvalue weighted by Crippen LogP contribution is 2.24. The Morgan fingerprint density at radius 3 is 2.43 bits per heavy atom. The Kier molecular flexibility index (Phi) is 4.87. The lowest BCUT2D eigenvalue weighted by Crippen LogP contribution is -2.25. The second-order valence-electron chi connectivity index (χ2n) is 6.64. The van der Waals surface area contributed by atoms with Crippen molar-refractivity contribution in [2.45, 2.75) is 13.0 Å². The van der Waals surface area contributed by atoms with Crippen molar-refractivity contribution in [3.05, 3.63) is 78.1 Å². The van der Waals surface area contributed by atoms with Crippen molar-refractivity contribution in [1.82, 2.24) is 9.78 Å². The molecule has 3 aromatic rings. The Hall–Kier alpha value is -3.13. The third-order valence-corrected chi connectivity index (χ3v) is 6.50. The fourth-order valence-corrected chi connectivity index (χ4v) is 4.75. The molecule has 2 heterocycles. The molecule has 0 unspecified atom stereocenters. The molecular weight excluding hydrogens is 376 g/mol. The van der Waals surface area contributed by atoms with E-state index in [1.807, 2.05) is 41.2 Å². The van der Waals surface area contributed by atoms with E-state index in [-0.39, 0.29) is 11.7 Å². The summed E-state index contributed by atoms with van der Waals surface area (Å²) in [5.74, 6) is -0.0679. The van der Waals surface area contributed by atoms with Crippen molar-refractivity contribution in [2.75, 3.05) is 21.9 Å². The van der Waals surface area contributed by atoms with E-state index >= 15 is 0 Å². The standard InChI is InChI=1S/C20H20N4O3S/c25-20(17-5-9-19(10-6-17)24-13-2-14-28(24,26)27)22-18-7-3-16(4-8-18)15-23-12-1-11-21-23/h1,3-12H,2,13-15H2,(H,22,25). The second kappa shape index (κ2) is 7.47. The lowest BCUT2D eigenvalue weighted by molar-refractivity contribution is 0.102.